The van der Waals surface area contributed by atoms with E-state index in [9.17, 15) is 4.79 Å². The third-order valence-electron chi connectivity index (χ3n) is 3.55. The van der Waals surface area contributed by atoms with Gasteiger partial charge in [-0.15, -0.1) is 0 Å². The van der Waals surface area contributed by atoms with Crippen molar-refractivity contribution in [1.29, 1.82) is 0 Å². The first-order valence-corrected chi connectivity index (χ1v) is 6.43. The van der Waals surface area contributed by atoms with Crippen LogP contribution >= 0.6 is 0 Å². The molecule has 0 bridgehead atoms. The van der Waals surface area contributed by atoms with Gasteiger partial charge in [0.2, 0.25) is 5.91 Å². The summed E-state index contributed by atoms with van der Waals surface area (Å²) in [5.74, 6) is 0.832. The SMILES string of the molecule is CN(C)C(CNC(=O)C1COCCN1)C1CC1. The van der Waals surface area contributed by atoms with Gasteiger partial charge in [0.05, 0.1) is 13.2 Å². The number of hydrogen-bond donors (Lipinski definition) is 2. The number of nitrogens with zero attached hydrogens (tertiary/aromatic N) is 1. The van der Waals surface area contributed by atoms with Gasteiger partial charge < -0.3 is 20.3 Å². The molecule has 0 aromatic rings. The smallest absolute Gasteiger partial charge is 0.239 e. The highest BCUT2D eigenvalue weighted by molar-refractivity contribution is 5.82. The minimum atomic E-state index is -0.175. The largest absolute Gasteiger partial charge is 0.378 e. The van der Waals surface area contributed by atoms with Crippen LogP contribution in [-0.2, 0) is 9.53 Å². The molecule has 98 valence electrons. The molecule has 1 heterocycles. The van der Waals surface area contributed by atoms with E-state index in [0.717, 1.165) is 19.0 Å². The highest BCUT2D eigenvalue weighted by Gasteiger charge is 2.33. The van der Waals surface area contributed by atoms with E-state index in [1.54, 1.807) is 0 Å². The Morgan fingerprint density at radius 1 is 1.53 bits per heavy atom. The summed E-state index contributed by atoms with van der Waals surface area (Å²) in [5, 5.41) is 6.20. The van der Waals surface area contributed by atoms with Crippen LogP contribution in [0.25, 0.3) is 0 Å². The lowest BCUT2D eigenvalue weighted by Crippen LogP contribution is -2.53. The van der Waals surface area contributed by atoms with E-state index in [-0.39, 0.29) is 11.9 Å². The predicted molar refractivity (Wildman–Crippen MR) is 65.8 cm³/mol. The highest BCUT2D eigenvalue weighted by Crippen LogP contribution is 2.34. The van der Waals surface area contributed by atoms with Crippen LogP contribution in [-0.4, -0.2) is 63.3 Å². The van der Waals surface area contributed by atoms with Crippen LogP contribution < -0.4 is 10.6 Å². The summed E-state index contributed by atoms with van der Waals surface area (Å²) in [5.41, 5.74) is 0. The Hall–Kier alpha value is -0.650. The number of amides is 1. The van der Waals surface area contributed by atoms with Crippen LogP contribution in [0.3, 0.4) is 0 Å². The van der Waals surface area contributed by atoms with E-state index in [0.29, 0.717) is 19.3 Å². The first-order valence-electron chi connectivity index (χ1n) is 6.43. The lowest BCUT2D eigenvalue weighted by atomic mass is 10.1. The quantitative estimate of drug-likeness (QED) is 0.677. The standard InChI is InChI=1S/C12H23N3O2/c1-15(2)11(9-3-4-9)7-14-12(16)10-8-17-6-5-13-10/h9-11,13H,3-8H2,1-2H3,(H,14,16). The first-order chi connectivity index (χ1) is 8.18. The van der Waals surface area contributed by atoms with Crippen molar-refractivity contribution in [2.75, 3.05) is 40.4 Å². The lowest BCUT2D eigenvalue weighted by Gasteiger charge is -2.27. The number of rotatable bonds is 5. The Labute approximate surface area is 103 Å². The molecule has 5 nitrogen and oxygen atoms in total. The Morgan fingerprint density at radius 2 is 2.29 bits per heavy atom. The average Bonchev–Trinajstić information content (AvgIpc) is 3.14. The van der Waals surface area contributed by atoms with Crippen molar-refractivity contribution in [3.05, 3.63) is 0 Å². The number of carbonyl (C=O) groups excluding carboxylic acids is 1. The summed E-state index contributed by atoms with van der Waals surface area (Å²) in [7, 11) is 4.16. The summed E-state index contributed by atoms with van der Waals surface area (Å²) in [4.78, 5) is 14.1. The second-order valence-electron chi connectivity index (χ2n) is 5.20. The van der Waals surface area contributed by atoms with Crippen molar-refractivity contribution in [3.63, 3.8) is 0 Å². The monoisotopic (exact) mass is 241 g/mol. The summed E-state index contributed by atoms with van der Waals surface area (Å²) in [6.07, 6.45) is 2.59. The highest BCUT2D eigenvalue weighted by atomic mass is 16.5. The number of likely N-dealkylation sites (N-methyl/N-ethyl adjacent to an activating group) is 1. The summed E-state index contributed by atoms with van der Waals surface area (Å²) in [6, 6.07) is 0.300. The molecule has 1 aliphatic carbocycles. The van der Waals surface area contributed by atoms with Gasteiger partial charge in [-0.05, 0) is 32.9 Å². The maximum Gasteiger partial charge on any atom is 0.239 e. The minimum Gasteiger partial charge on any atom is -0.378 e. The number of morpholine rings is 1. The second-order valence-corrected chi connectivity index (χ2v) is 5.20. The van der Waals surface area contributed by atoms with Gasteiger partial charge in [-0.25, -0.2) is 0 Å². The molecule has 1 aliphatic heterocycles. The van der Waals surface area contributed by atoms with Gasteiger partial charge in [-0.2, -0.15) is 0 Å². The molecular formula is C12H23N3O2. The van der Waals surface area contributed by atoms with Crippen LogP contribution in [0.5, 0.6) is 0 Å². The molecular weight excluding hydrogens is 218 g/mol. The van der Waals surface area contributed by atoms with Crippen molar-refractivity contribution in [2.24, 2.45) is 5.92 Å². The van der Waals surface area contributed by atoms with Crippen molar-refractivity contribution in [1.82, 2.24) is 15.5 Å². The zero-order chi connectivity index (χ0) is 12.3. The molecule has 1 saturated carbocycles. The normalized spacial score (nSPS) is 26.9. The third kappa shape index (κ3) is 3.66. The van der Waals surface area contributed by atoms with Gasteiger partial charge in [0.1, 0.15) is 6.04 Å². The van der Waals surface area contributed by atoms with Crippen LogP contribution in [0.2, 0.25) is 0 Å². The molecule has 5 heteroatoms. The van der Waals surface area contributed by atoms with Crippen LogP contribution in [0, 0.1) is 5.92 Å². The van der Waals surface area contributed by atoms with Crippen molar-refractivity contribution >= 4 is 5.91 Å². The molecule has 2 atom stereocenters. The molecule has 2 rings (SSSR count). The Kier molecular flexibility index (Phi) is 4.36. The zero-order valence-corrected chi connectivity index (χ0v) is 10.7. The lowest BCUT2D eigenvalue weighted by molar-refractivity contribution is -0.126. The maximum absolute atomic E-state index is 11.9. The number of nitrogens with one attached hydrogen (secondary N) is 2. The maximum atomic E-state index is 11.9. The van der Waals surface area contributed by atoms with Crippen molar-refractivity contribution in [3.8, 4) is 0 Å². The van der Waals surface area contributed by atoms with Crippen LogP contribution in [0.4, 0.5) is 0 Å². The van der Waals surface area contributed by atoms with E-state index >= 15 is 0 Å². The number of ether oxygens (including phenoxy) is 1. The van der Waals surface area contributed by atoms with Gasteiger partial charge >= 0.3 is 0 Å². The molecule has 2 N–H and O–H groups in total. The van der Waals surface area contributed by atoms with E-state index in [1.165, 1.54) is 12.8 Å². The van der Waals surface area contributed by atoms with E-state index in [4.69, 9.17) is 4.74 Å². The molecule has 0 aromatic heterocycles. The van der Waals surface area contributed by atoms with Crippen LogP contribution in [0.15, 0.2) is 0 Å². The number of carbonyl (C=O) groups is 1. The molecule has 1 amide bonds. The molecule has 0 radical (unpaired) electrons. The van der Waals surface area contributed by atoms with E-state index in [1.807, 2.05) is 0 Å². The fourth-order valence-corrected chi connectivity index (χ4v) is 2.31. The summed E-state index contributed by atoms with van der Waals surface area (Å²) >= 11 is 0. The minimum absolute atomic E-state index is 0.0669. The molecule has 0 spiro atoms. The van der Waals surface area contributed by atoms with E-state index < -0.39 is 0 Å². The fourth-order valence-electron chi connectivity index (χ4n) is 2.31. The second kappa shape index (κ2) is 5.80. The van der Waals surface area contributed by atoms with E-state index in [2.05, 4.69) is 29.6 Å². The Bertz CT molecular complexity index is 258. The van der Waals surface area contributed by atoms with Gasteiger partial charge in [0.15, 0.2) is 0 Å². The van der Waals surface area contributed by atoms with Gasteiger partial charge in [-0.1, -0.05) is 0 Å². The van der Waals surface area contributed by atoms with Gasteiger partial charge in [0, 0.05) is 19.1 Å². The Balaban J connectivity index is 1.73. The third-order valence-corrected chi connectivity index (χ3v) is 3.55. The predicted octanol–water partition coefficient (Wildman–Crippen LogP) is -0.569. The summed E-state index contributed by atoms with van der Waals surface area (Å²) < 4.78 is 5.28. The van der Waals surface area contributed by atoms with Gasteiger partial charge in [0.25, 0.3) is 0 Å². The number of hydrogen-bond acceptors (Lipinski definition) is 4. The van der Waals surface area contributed by atoms with Crippen molar-refractivity contribution < 1.29 is 9.53 Å². The molecule has 2 aliphatic rings. The fraction of sp³-hybridized carbons (Fsp3) is 0.917. The molecule has 2 unspecified atom stereocenters. The zero-order valence-electron chi connectivity index (χ0n) is 10.7. The summed E-state index contributed by atoms with van der Waals surface area (Å²) in [6.45, 7) is 2.70. The average molecular weight is 241 g/mol. The molecule has 0 aromatic carbocycles. The topological polar surface area (TPSA) is 53.6 Å². The Morgan fingerprint density at radius 3 is 2.82 bits per heavy atom. The van der Waals surface area contributed by atoms with Crippen molar-refractivity contribution in [2.45, 2.75) is 24.9 Å². The molecule has 1 saturated heterocycles. The first kappa shape index (κ1) is 12.8. The molecule has 17 heavy (non-hydrogen) atoms. The van der Waals surface area contributed by atoms with Crippen LogP contribution in [0.1, 0.15) is 12.8 Å². The van der Waals surface area contributed by atoms with Gasteiger partial charge in [-0.3, -0.25) is 4.79 Å². The molecule has 2 fully saturated rings.